The van der Waals surface area contributed by atoms with E-state index in [0.717, 1.165) is 27.8 Å². The van der Waals surface area contributed by atoms with Crippen molar-refractivity contribution < 1.29 is 9.26 Å². The second-order valence-electron chi connectivity index (χ2n) is 4.21. The highest BCUT2D eigenvalue weighted by atomic mass is 16.5. The topological polar surface area (TPSA) is 77.1 Å². The minimum Gasteiger partial charge on any atom is -0.495 e. The van der Waals surface area contributed by atoms with Gasteiger partial charge in [0, 0.05) is 23.2 Å². The van der Waals surface area contributed by atoms with E-state index >= 15 is 0 Å². The Morgan fingerprint density at radius 1 is 1.33 bits per heavy atom. The number of fused-ring (bicyclic) bond motifs is 1. The molecule has 5 nitrogen and oxygen atoms in total. The molecule has 1 aromatic carbocycles. The Morgan fingerprint density at radius 3 is 2.83 bits per heavy atom. The third kappa shape index (κ3) is 1.52. The molecule has 18 heavy (non-hydrogen) atoms. The zero-order valence-corrected chi connectivity index (χ0v) is 10.2. The number of aromatic amines is 1. The van der Waals surface area contributed by atoms with Gasteiger partial charge < -0.3 is 20.0 Å². The molecule has 2 aromatic heterocycles. The summed E-state index contributed by atoms with van der Waals surface area (Å²) in [5.41, 5.74) is 9.28. The van der Waals surface area contributed by atoms with Crippen LogP contribution in [0.25, 0.3) is 22.2 Å². The highest BCUT2D eigenvalue weighted by molar-refractivity contribution is 5.98. The number of nitrogens with one attached hydrogen (secondary N) is 1. The third-order valence-corrected chi connectivity index (χ3v) is 2.92. The summed E-state index contributed by atoms with van der Waals surface area (Å²) < 4.78 is 10.3. The average molecular weight is 243 g/mol. The average Bonchev–Trinajstić information content (AvgIpc) is 2.93. The molecule has 0 unspecified atom stereocenters. The Hall–Kier alpha value is -2.43. The Kier molecular flexibility index (Phi) is 2.26. The number of H-pyrrole nitrogens is 1. The molecule has 0 spiro atoms. The number of anilines is 1. The molecule has 3 N–H and O–H groups in total. The fourth-order valence-electron chi connectivity index (χ4n) is 2.13. The number of rotatable bonds is 2. The highest BCUT2D eigenvalue weighted by Gasteiger charge is 2.13. The third-order valence-electron chi connectivity index (χ3n) is 2.92. The van der Waals surface area contributed by atoms with Gasteiger partial charge in [0.05, 0.1) is 12.6 Å². The molecule has 0 saturated heterocycles. The van der Waals surface area contributed by atoms with E-state index in [4.69, 9.17) is 15.0 Å². The molecular formula is C13H13N3O2. The summed E-state index contributed by atoms with van der Waals surface area (Å²) in [6, 6.07) is 5.77. The minimum atomic E-state index is 0.305. The van der Waals surface area contributed by atoms with Crippen LogP contribution in [0, 0.1) is 6.92 Å². The Bertz CT molecular complexity index is 712. The molecule has 0 fully saturated rings. The van der Waals surface area contributed by atoms with E-state index in [9.17, 15) is 0 Å². The maximum Gasteiger partial charge on any atom is 0.222 e. The van der Waals surface area contributed by atoms with Crippen molar-refractivity contribution in [1.29, 1.82) is 0 Å². The first-order chi connectivity index (χ1) is 8.69. The van der Waals surface area contributed by atoms with Crippen LogP contribution in [0.4, 0.5) is 5.88 Å². The number of nitrogens with two attached hydrogens (primary N) is 1. The fraction of sp³-hybridized carbons (Fsp3) is 0.154. The number of aromatic nitrogens is 2. The molecule has 5 heteroatoms. The maximum atomic E-state index is 5.55. The zero-order valence-electron chi connectivity index (χ0n) is 10.2. The molecule has 92 valence electrons. The van der Waals surface area contributed by atoms with Crippen molar-refractivity contribution in [2.24, 2.45) is 0 Å². The van der Waals surface area contributed by atoms with E-state index in [1.165, 1.54) is 0 Å². The van der Waals surface area contributed by atoms with Gasteiger partial charge >= 0.3 is 0 Å². The van der Waals surface area contributed by atoms with Crippen LogP contribution in [0.3, 0.4) is 0 Å². The molecule has 0 saturated carbocycles. The van der Waals surface area contributed by atoms with E-state index in [1.54, 1.807) is 13.2 Å². The Labute approximate surface area is 104 Å². The van der Waals surface area contributed by atoms with E-state index in [0.29, 0.717) is 11.6 Å². The summed E-state index contributed by atoms with van der Waals surface area (Å²) in [5, 5.41) is 4.97. The van der Waals surface area contributed by atoms with Gasteiger partial charge in [0.1, 0.15) is 11.4 Å². The summed E-state index contributed by atoms with van der Waals surface area (Å²) in [6.07, 6.45) is 1.88. The predicted octanol–water partition coefficient (Wildman–Crippen LogP) is 2.72. The maximum absolute atomic E-state index is 5.55. The van der Waals surface area contributed by atoms with Crippen LogP contribution in [0.1, 0.15) is 5.56 Å². The van der Waals surface area contributed by atoms with Crippen molar-refractivity contribution in [3.63, 3.8) is 0 Å². The molecule has 0 amide bonds. The molecule has 0 radical (unpaired) electrons. The lowest BCUT2D eigenvalue weighted by molar-refractivity contribution is 0.418. The minimum absolute atomic E-state index is 0.305. The number of benzene rings is 1. The van der Waals surface area contributed by atoms with E-state index < -0.39 is 0 Å². The van der Waals surface area contributed by atoms with E-state index in [2.05, 4.69) is 16.2 Å². The summed E-state index contributed by atoms with van der Waals surface area (Å²) in [5.74, 6) is 1.12. The summed E-state index contributed by atoms with van der Waals surface area (Å²) in [7, 11) is 1.66. The van der Waals surface area contributed by atoms with Crippen LogP contribution < -0.4 is 10.5 Å². The Morgan fingerprint density at radius 2 is 2.17 bits per heavy atom. The van der Waals surface area contributed by atoms with Gasteiger partial charge in [-0.25, -0.2) is 0 Å². The van der Waals surface area contributed by atoms with E-state index in [-0.39, 0.29) is 0 Å². The van der Waals surface area contributed by atoms with Gasteiger partial charge in [-0.3, -0.25) is 0 Å². The molecule has 0 bridgehead atoms. The molecule has 3 aromatic rings. The van der Waals surface area contributed by atoms with Crippen LogP contribution in [0.5, 0.6) is 5.75 Å². The van der Waals surface area contributed by atoms with Gasteiger partial charge in [0.2, 0.25) is 5.88 Å². The zero-order chi connectivity index (χ0) is 12.7. The highest BCUT2D eigenvalue weighted by Crippen LogP contribution is 2.34. The lowest BCUT2D eigenvalue weighted by Gasteiger charge is -2.03. The van der Waals surface area contributed by atoms with Crippen molar-refractivity contribution in [2.45, 2.75) is 6.92 Å². The normalized spacial score (nSPS) is 11.0. The molecule has 0 aliphatic heterocycles. The largest absolute Gasteiger partial charge is 0.495 e. The number of methoxy groups -OCH3 is 1. The number of aryl methyl sites for hydroxylation is 1. The number of nitrogens with zero attached hydrogens (tertiary/aromatic N) is 1. The standard InChI is InChI=1S/C13H13N3O2/c1-7-3-8-9(10-5-12(14)18-16-10)6-15-13(8)11(4-7)17-2/h3-6,15H,14H2,1-2H3. The van der Waals surface area contributed by atoms with Gasteiger partial charge in [-0.1, -0.05) is 5.16 Å². The molecule has 0 atom stereocenters. The second kappa shape index (κ2) is 3.80. The van der Waals surface area contributed by atoms with Crippen molar-refractivity contribution in [3.05, 3.63) is 30.0 Å². The van der Waals surface area contributed by atoms with Crippen molar-refractivity contribution in [2.75, 3.05) is 12.8 Å². The quantitative estimate of drug-likeness (QED) is 0.725. The molecular weight excluding hydrogens is 230 g/mol. The summed E-state index contributed by atoms with van der Waals surface area (Å²) in [4.78, 5) is 3.20. The second-order valence-corrected chi connectivity index (χ2v) is 4.21. The number of nitrogen functional groups attached to an aromatic ring is 1. The van der Waals surface area contributed by atoms with Gasteiger partial charge in [0.25, 0.3) is 0 Å². The van der Waals surface area contributed by atoms with Crippen LogP contribution in [-0.2, 0) is 0 Å². The van der Waals surface area contributed by atoms with Crippen LogP contribution >= 0.6 is 0 Å². The Balaban J connectivity index is 2.28. The molecule has 2 heterocycles. The van der Waals surface area contributed by atoms with Crippen LogP contribution in [0.2, 0.25) is 0 Å². The smallest absolute Gasteiger partial charge is 0.222 e. The summed E-state index contributed by atoms with van der Waals surface area (Å²) in [6.45, 7) is 2.02. The van der Waals surface area contributed by atoms with Crippen molar-refractivity contribution in [1.82, 2.24) is 10.1 Å². The number of hydrogen-bond donors (Lipinski definition) is 2. The van der Waals surface area contributed by atoms with Gasteiger partial charge in [-0.2, -0.15) is 0 Å². The SMILES string of the molecule is COc1cc(C)cc2c(-c3cc(N)on3)c[nH]c12. The first-order valence-corrected chi connectivity index (χ1v) is 5.57. The van der Waals surface area contributed by atoms with Crippen molar-refractivity contribution in [3.8, 4) is 17.0 Å². The van der Waals surface area contributed by atoms with Crippen LogP contribution in [-0.4, -0.2) is 17.3 Å². The predicted molar refractivity (Wildman–Crippen MR) is 69.5 cm³/mol. The first-order valence-electron chi connectivity index (χ1n) is 5.57. The van der Waals surface area contributed by atoms with Gasteiger partial charge in [0.15, 0.2) is 0 Å². The van der Waals surface area contributed by atoms with Gasteiger partial charge in [-0.15, -0.1) is 0 Å². The lowest BCUT2D eigenvalue weighted by atomic mass is 10.1. The molecule has 3 rings (SSSR count). The van der Waals surface area contributed by atoms with Gasteiger partial charge in [-0.05, 0) is 24.6 Å². The summed E-state index contributed by atoms with van der Waals surface area (Å²) >= 11 is 0. The molecule has 0 aliphatic carbocycles. The monoisotopic (exact) mass is 243 g/mol. The van der Waals surface area contributed by atoms with E-state index in [1.807, 2.05) is 19.2 Å². The number of hydrogen-bond acceptors (Lipinski definition) is 4. The fourth-order valence-corrected chi connectivity index (χ4v) is 2.13. The van der Waals surface area contributed by atoms with Crippen LogP contribution in [0.15, 0.2) is 28.9 Å². The number of ether oxygens (including phenoxy) is 1. The first kappa shape index (κ1) is 10.7. The van der Waals surface area contributed by atoms with Crippen molar-refractivity contribution >= 4 is 16.8 Å². The lowest BCUT2D eigenvalue weighted by Crippen LogP contribution is -1.86. The molecule has 0 aliphatic rings.